The SMILES string of the molecule is OCc1cc([B-](F)(F)F)ccc1F.[K+]. The van der Waals surface area contributed by atoms with E-state index in [1.165, 1.54) is 0 Å². The molecule has 1 nitrogen and oxygen atoms in total. The van der Waals surface area contributed by atoms with E-state index in [1.807, 2.05) is 0 Å². The number of aliphatic hydroxyl groups excluding tert-OH is 1. The molecule has 0 aromatic heterocycles. The Balaban J connectivity index is 0.00000169. The van der Waals surface area contributed by atoms with Gasteiger partial charge in [0.1, 0.15) is 5.82 Å². The minimum Gasteiger partial charge on any atom is -0.445 e. The predicted molar refractivity (Wildman–Crippen MR) is 41.0 cm³/mol. The molecule has 0 fully saturated rings. The van der Waals surface area contributed by atoms with Gasteiger partial charge in [-0.25, -0.2) is 4.39 Å². The second-order valence-corrected chi connectivity index (χ2v) is 2.58. The van der Waals surface area contributed by atoms with Crippen LogP contribution in [-0.2, 0) is 6.61 Å². The first-order valence-corrected chi connectivity index (χ1v) is 3.54. The molecule has 0 amide bonds. The Morgan fingerprint density at radius 3 is 2.21 bits per heavy atom. The molecule has 1 rings (SSSR count). The molecule has 0 aliphatic rings. The van der Waals surface area contributed by atoms with E-state index in [0.29, 0.717) is 18.2 Å². The monoisotopic (exact) mass is 232 g/mol. The van der Waals surface area contributed by atoms with Crippen molar-refractivity contribution in [3.8, 4) is 0 Å². The predicted octanol–water partition coefficient (Wildman–Crippen LogP) is -1.62. The largest absolute Gasteiger partial charge is 1.00 e. The quantitative estimate of drug-likeness (QED) is 0.480. The third-order valence-electron chi connectivity index (χ3n) is 1.62. The zero-order valence-electron chi connectivity index (χ0n) is 7.48. The first-order chi connectivity index (χ1) is 5.95. The Morgan fingerprint density at radius 1 is 1.21 bits per heavy atom. The van der Waals surface area contributed by atoms with E-state index in [1.54, 1.807) is 0 Å². The standard InChI is InChI=1S/C7H6BF4O.K/c9-7-2-1-6(8(10,11)12)3-5(7)4-13;/h1-3,13H,4H2;/q-1;+1. The molecule has 0 saturated heterocycles. The van der Waals surface area contributed by atoms with Gasteiger partial charge in [0.25, 0.3) is 0 Å². The Labute approximate surface area is 121 Å². The zero-order valence-corrected chi connectivity index (χ0v) is 10.6. The average Bonchev–Trinajstić information content (AvgIpc) is 2.03. The molecule has 1 N–H and O–H groups in total. The number of rotatable bonds is 2. The van der Waals surface area contributed by atoms with E-state index in [-0.39, 0.29) is 56.9 Å². The molecular formula is C7H6BF4KO. The van der Waals surface area contributed by atoms with Crippen LogP contribution in [0.5, 0.6) is 0 Å². The van der Waals surface area contributed by atoms with Gasteiger partial charge in [-0.15, -0.1) is 5.46 Å². The molecule has 14 heavy (non-hydrogen) atoms. The molecule has 1 aromatic carbocycles. The van der Waals surface area contributed by atoms with Crippen LogP contribution >= 0.6 is 0 Å². The van der Waals surface area contributed by atoms with Crippen molar-refractivity contribution >= 4 is 12.4 Å². The molecular weight excluding hydrogens is 226 g/mol. The maximum absolute atomic E-state index is 12.6. The van der Waals surface area contributed by atoms with Gasteiger partial charge in [-0.1, -0.05) is 12.1 Å². The summed E-state index contributed by atoms with van der Waals surface area (Å²) in [5, 5.41) is 8.51. The third-order valence-corrected chi connectivity index (χ3v) is 1.62. The fraction of sp³-hybridized carbons (Fsp3) is 0.143. The van der Waals surface area contributed by atoms with E-state index >= 15 is 0 Å². The zero-order chi connectivity index (χ0) is 10.1. The van der Waals surface area contributed by atoms with Crippen LogP contribution in [-0.4, -0.2) is 12.1 Å². The summed E-state index contributed by atoms with van der Waals surface area (Å²) in [6, 6.07) is 1.99. The molecule has 0 saturated carbocycles. The maximum Gasteiger partial charge on any atom is 1.00 e. The van der Waals surface area contributed by atoms with Gasteiger partial charge in [-0.05, 0) is 6.07 Å². The van der Waals surface area contributed by atoms with Crippen molar-refractivity contribution in [1.29, 1.82) is 0 Å². The van der Waals surface area contributed by atoms with E-state index in [0.717, 1.165) is 0 Å². The van der Waals surface area contributed by atoms with Crippen molar-refractivity contribution < 1.29 is 73.8 Å². The van der Waals surface area contributed by atoms with E-state index < -0.39 is 24.9 Å². The van der Waals surface area contributed by atoms with Crippen molar-refractivity contribution in [1.82, 2.24) is 0 Å². The summed E-state index contributed by atoms with van der Waals surface area (Å²) in [7, 11) is 0. The summed E-state index contributed by atoms with van der Waals surface area (Å²) in [4.78, 5) is 0. The van der Waals surface area contributed by atoms with Crippen LogP contribution < -0.4 is 56.8 Å². The van der Waals surface area contributed by atoms with Gasteiger partial charge in [0, 0.05) is 5.56 Å². The first-order valence-electron chi connectivity index (χ1n) is 3.54. The average molecular weight is 232 g/mol. The molecule has 72 valence electrons. The van der Waals surface area contributed by atoms with Crippen molar-refractivity contribution in [2.45, 2.75) is 6.61 Å². The van der Waals surface area contributed by atoms with E-state index in [9.17, 15) is 17.3 Å². The second-order valence-electron chi connectivity index (χ2n) is 2.58. The summed E-state index contributed by atoms with van der Waals surface area (Å²) >= 11 is 0. The van der Waals surface area contributed by atoms with Gasteiger partial charge >= 0.3 is 58.4 Å². The normalized spacial score (nSPS) is 10.9. The van der Waals surface area contributed by atoms with Gasteiger partial charge in [-0.3, -0.25) is 0 Å². The number of benzene rings is 1. The number of halogens is 4. The molecule has 0 spiro atoms. The number of hydrogen-bond donors (Lipinski definition) is 1. The molecule has 1 aromatic rings. The summed E-state index contributed by atoms with van der Waals surface area (Å²) in [6.07, 6.45) is 0. The van der Waals surface area contributed by atoms with Gasteiger partial charge in [-0.2, -0.15) is 0 Å². The third kappa shape index (κ3) is 3.63. The van der Waals surface area contributed by atoms with Crippen molar-refractivity contribution in [2.24, 2.45) is 0 Å². The van der Waals surface area contributed by atoms with E-state index in [2.05, 4.69) is 0 Å². The fourth-order valence-electron chi connectivity index (χ4n) is 0.919. The van der Waals surface area contributed by atoms with Crippen LogP contribution in [0.15, 0.2) is 18.2 Å². The summed E-state index contributed by atoms with van der Waals surface area (Å²) in [5.74, 6) is -0.827. The summed E-state index contributed by atoms with van der Waals surface area (Å²) in [6.45, 7) is -5.85. The molecule has 0 atom stereocenters. The molecule has 0 heterocycles. The fourth-order valence-corrected chi connectivity index (χ4v) is 0.919. The van der Waals surface area contributed by atoms with Crippen molar-refractivity contribution in [3.05, 3.63) is 29.6 Å². The summed E-state index contributed by atoms with van der Waals surface area (Å²) < 4.78 is 48.9. The van der Waals surface area contributed by atoms with Gasteiger partial charge in [0.05, 0.1) is 6.61 Å². The van der Waals surface area contributed by atoms with Crippen LogP contribution in [0.25, 0.3) is 0 Å². The second kappa shape index (κ2) is 5.62. The van der Waals surface area contributed by atoms with Gasteiger partial charge < -0.3 is 18.1 Å². The Morgan fingerprint density at radius 2 is 1.79 bits per heavy atom. The summed E-state index contributed by atoms with van der Waals surface area (Å²) in [5.41, 5.74) is -1.23. The van der Waals surface area contributed by atoms with Crippen LogP contribution in [0.3, 0.4) is 0 Å². The van der Waals surface area contributed by atoms with E-state index in [4.69, 9.17) is 5.11 Å². The van der Waals surface area contributed by atoms with Gasteiger partial charge in [0.15, 0.2) is 0 Å². The Bertz CT molecular complexity index is 315. The smallest absolute Gasteiger partial charge is 0.445 e. The Kier molecular flexibility index (Phi) is 5.86. The molecule has 0 aliphatic carbocycles. The topological polar surface area (TPSA) is 20.2 Å². The van der Waals surface area contributed by atoms with Crippen LogP contribution in [0.1, 0.15) is 5.56 Å². The van der Waals surface area contributed by atoms with Crippen molar-refractivity contribution in [2.75, 3.05) is 0 Å². The minimum absolute atomic E-state index is 0. The molecule has 0 bridgehead atoms. The molecule has 0 radical (unpaired) electrons. The molecule has 0 aliphatic heterocycles. The number of hydrogen-bond acceptors (Lipinski definition) is 1. The van der Waals surface area contributed by atoms with Crippen molar-refractivity contribution in [3.63, 3.8) is 0 Å². The van der Waals surface area contributed by atoms with Crippen LogP contribution in [0.4, 0.5) is 17.3 Å². The molecule has 0 unspecified atom stereocenters. The maximum atomic E-state index is 12.6. The Hall–Kier alpha value is 0.601. The first kappa shape index (κ1) is 14.6. The van der Waals surface area contributed by atoms with Crippen LogP contribution in [0, 0.1) is 5.82 Å². The van der Waals surface area contributed by atoms with Gasteiger partial charge in [0.2, 0.25) is 0 Å². The van der Waals surface area contributed by atoms with Crippen LogP contribution in [0.2, 0.25) is 0 Å². The number of aliphatic hydroxyl groups is 1. The minimum atomic E-state index is -5.12. The molecule has 7 heteroatoms.